The molecule has 110 valence electrons. The maximum atomic E-state index is 11.2. The Balaban J connectivity index is 2.42. The van der Waals surface area contributed by atoms with Gasteiger partial charge in [-0.2, -0.15) is 4.98 Å². The van der Waals surface area contributed by atoms with Crippen LogP contribution in [0.4, 0.5) is 11.5 Å². The van der Waals surface area contributed by atoms with Crippen molar-refractivity contribution in [2.75, 3.05) is 12.4 Å². The molecule has 0 bridgehead atoms. The van der Waals surface area contributed by atoms with E-state index in [1.54, 1.807) is 18.2 Å². The lowest BCUT2D eigenvalue weighted by atomic mass is 10.1. The number of nitrogens with zero attached hydrogens (tertiary/aromatic N) is 3. The number of ether oxygens (including phenoxy) is 1. The van der Waals surface area contributed by atoms with Crippen LogP contribution in [0.25, 0.3) is 0 Å². The molecule has 2 rings (SSSR count). The average molecular weight is 309 g/mol. The van der Waals surface area contributed by atoms with Gasteiger partial charge in [-0.05, 0) is 30.2 Å². The molecule has 0 spiro atoms. The first-order chi connectivity index (χ1) is 10.1. The van der Waals surface area contributed by atoms with E-state index in [1.165, 1.54) is 13.4 Å². The zero-order valence-corrected chi connectivity index (χ0v) is 12.2. The number of nitrogens with one attached hydrogen (secondary N) is 1. The van der Waals surface area contributed by atoms with Crippen LogP contribution in [0.1, 0.15) is 12.5 Å². The predicted octanol–water partition coefficient (Wildman–Crippen LogP) is 3.43. The number of nitro groups is 1. The third kappa shape index (κ3) is 3.19. The summed E-state index contributed by atoms with van der Waals surface area (Å²) >= 11 is 6.03. The Labute approximate surface area is 126 Å². The lowest BCUT2D eigenvalue weighted by Crippen LogP contribution is -2.03. The topological polar surface area (TPSA) is 90.2 Å². The van der Waals surface area contributed by atoms with Crippen molar-refractivity contribution in [3.63, 3.8) is 0 Å². The van der Waals surface area contributed by atoms with Crippen molar-refractivity contribution in [1.82, 2.24) is 9.97 Å². The maximum absolute atomic E-state index is 11.2. The average Bonchev–Trinajstić information content (AvgIpc) is 2.48. The Kier molecular flexibility index (Phi) is 4.54. The fourth-order valence-corrected chi connectivity index (χ4v) is 2.03. The Bertz CT molecular complexity index is 678. The summed E-state index contributed by atoms with van der Waals surface area (Å²) in [5, 5.41) is 14.4. The van der Waals surface area contributed by atoms with Gasteiger partial charge in [-0.15, -0.1) is 0 Å². The second-order valence-electron chi connectivity index (χ2n) is 4.09. The van der Waals surface area contributed by atoms with Gasteiger partial charge in [-0.25, -0.2) is 4.98 Å². The molecule has 0 fully saturated rings. The fraction of sp³-hybridized carbons (Fsp3) is 0.231. The van der Waals surface area contributed by atoms with E-state index in [0.717, 1.165) is 12.0 Å². The summed E-state index contributed by atoms with van der Waals surface area (Å²) in [6.45, 7) is 1.96. The van der Waals surface area contributed by atoms with Crippen molar-refractivity contribution in [3.05, 3.63) is 45.2 Å². The number of hydrogen-bond donors (Lipinski definition) is 1. The Hall–Kier alpha value is -2.41. The molecule has 0 aliphatic carbocycles. The Morgan fingerprint density at radius 3 is 2.81 bits per heavy atom. The number of aryl methyl sites for hydroxylation is 1. The van der Waals surface area contributed by atoms with Gasteiger partial charge in [-0.1, -0.05) is 18.5 Å². The molecule has 0 saturated carbocycles. The van der Waals surface area contributed by atoms with Crippen molar-refractivity contribution in [1.29, 1.82) is 0 Å². The second kappa shape index (κ2) is 6.36. The van der Waals surface area contributed by atoms with Crippen LogP contribution >= 0.6 is 11.6 Å². The summed E-state index contributed by atoms with van der Waals surface area (Å²) in [5.41, 5.74) is 0.577. The van der Waals surface area contributed by atoms with Gasteiger partial charge < -0.3 is 10.1 Å². The molecule has 8 heteroatoms. The summed E-state index contributed by atoms with van der Waals surface area (Å²) in [6.07, 6.45) is 1.93. The molecule has 1 aromatic heterocycles. The SMILES string of the molecule is CCc1cc(Oc2ncnc(NC)c2[N+](=O)[O-])ccc1Cl. The van der Waals surface area contributed by atoms with Gasteiger partial charge in [0, 0.05) is 12.1 Å². The zero-order chi connectivity index (χ0) is 15.4. The fourth-order valence-electron chi connectivity index (χ4n) is 1.78. The summed E-state index contributed by atoms with van der Waals surface area (Å²) in [7, 11) is 1.54. The standard InChI is InChI=1S/C13H13ClN4O3/c1-3-8-6-9(4-5-10(8)14)21-13-11(18(19)20)12(15-2)16-7-17-13/h4-7H,3H2,1-2H3,(H,15,16,17). The molecule has 7 nitrogen and oxygen atoms in total. The highest BCUT2D eigenvalue weighted by Crippen LogP contribution is 2.34. The second-order valence-corrected chi connectivity index (χ2v) is 4.50. The Morgan fingerprint density at radius 1 is 1.43 bits per heavy atom. The van der Waals surface area contributed by atoms with Crippen LogP contribution in [0.5, 0.6) is 11.6 Å². The molecule has 0 radical (unpaired) electrons. The quantitative estimate of drug-likeness (QED) is 0.672. The van der Waals surface area contributed by atoms with Gasteiger partial charge in [0.05, 0.1) is 4.92 Å². The van der Waals surface area contributed by atoms with Crippen molar-refractivity contribution in [2.24, 2.45) is 0 Å². The van der Waals surface area contributed by atoms with Gasteiger partial charge in [0.15, 0.2) is 0 Å². The molecular formula is C13H13ClN4O3. The molecule has 0 amide bonds. The third-order valence-electron chi connectivity index (χ3n) is 2.82. The van der Waals surface area contributed by atoms with Crippen LogP contribution in [0.15, 0.2) is 24.5 Å². The number of rotatable bonds is 5. The smallest absolute Gasteiger partial charge is 0.373 e. The van der Waals surface area contributed by atoms with Crippen molar-refractivity contribution in [3.8, 4) is 11.6 Å². The van der Waals surface area contributed by atoms with Crippen LogP contribution in [0, 0.1) is 10.1 Å². The number of halogens is 1. The lowest BCUT2D eigenvalue weighted by Gasteiger charge is -2.09. The number of anilines is 1. The van der Waals surface area contributed by atoms with E-state index in [-0.39, 0.29) is 17.4 Å². The lowest BCUT2D eigenvalue weighted by molar-refractivity contribution is -0.385. The van der Waals surface area contributed by atoms with Crippen LogP contribution < -0.4 is 10.1 Å². The molecule has 0 saturated heterocycles. The van der Waals surface area contributed by atoms with Crippen LogP contribution in [0.2, 0.25) is 5.02 Å². The Morgan fingerprint density at radius 2 is 2.19 bits per heavy atom. The minimum Gasteiger partial charge on any atom is -0.434 e. The number of benzene rings is 1. The molecule has 0 unspecified atom stereocenters. The predicted molar refractivity (Wildman–Crippen MR) is 79.1 cm³/mol. The highest BCUT2D eigenvalue weighted by atomic mass is 35.5. The molecule has 1 aromatic carbocycles. The molecule has 1 heterocycles. The summed E-state index contributed by atoms with van der Waals surface area (Å²) in [4.78, 5) is 18.2. The molecule has 1 N–H and O–H groups in total. The zero-order valence-electron chi connectivity index (χ0n) is 11.5. The monoisotopic (exact) mass is 308 g/mol. The van der Waals surface area contributed by atoms with Crippen LogP contribution in [0.3, 0.4) is 0 Å². The summed E-state index contributed by atoms with van der Waals surface area (Å²) in [6, 6.07) is 5.04. The molecule has 0 aliphatic heterocycles. The minimum absolute atomic E-state index is 0.0923. The van der Waals surface area contributed by atoms with E-state index in [2.05, 4.69) is 15.3 Å². The number of hydrogen-bond acceptors (Lipinski definition) is 6. The van der Waals surface area contributed by atoms with E-state index in [4.69, 9.17) is 16.3 Å². The van der Waals surface area contributed by atoms with Crippen molar-refractivity contribution < 1.29 is 9.66 Å². The van der Waals surface area contributed by atoms with Gasteiger partial charge in [0.2, 0.25) is 5.82 Å². The first kappa shape index (κ1) is 15.0. The molecule has 21 heavy (non-hydrogen) atoms. The first-order valence-electron chi connectivity index (χ1n) is 6.20. The van der Waals surface area contributed by atoms with Crippen LogP contribution in [-0.2, 0) is 6.42 Å². The van der Waals surface area contributed by atoms with Gasteiger partial charge in [0.1, 0.15) is 12.1 Å². The van der Waals surface area contributed by atoms with E-state index >= 15 is 0 Å². The van der Waals surface area contributed by atoms with E-state index in [0.29, 0.717) is 10.8 Å². The molecule has 0 atom stereocenters. The van der Waals surface area contributed by atoms with E-state index < -0.39 is 4.92 Å². The molecule has 2 aromatic rings. The van der Waals surface area contributed by atoms with Gasteiger partial charge >= 0.3 is 11.6 Å². The van der Waals surface area contributed by atoms with E-state index in [9.17, 15) is 10.1 Å². The largest absolute Gasteiger partial charge is 0.434 e. The summed E-state index contributed by atoms with van der Waals surface area (Å²) in [5.74, 6) is 0.401. The molecule has 0 aliphatic rings. The van der Waals surface area contributed by atoms with Gasteiger partial charge in [-0.3, -0.25) is 10.1 Å². The minimum atomic E-state index is -0.585. The maximum Gasteiger partial charge on any atom is 0.373 e. The van der Waals surface area contributed by atoms with Crippen molar-refractivity contribution in [2.45, 2.75) is 13.3 Å². The number of aromatic nitrogens is 2. The third-order valence-corrected chi connectivity index (χ3v) is 3.19. The van der Waals surface area contributed by atoms with Crippen LogP contribution in [-0.4, -0.2) is 21.9 Å². The molecular weight excluding hydrogens is 296 g/mol. The normalized spacial score (nSPS) is 10.2. The highest BCUT2D eigenvalue weighted by molar-refractivity contribution is 6.31. The van der Waals surface area contributed by atoms with Crippen molar-refractivity contribution >= 4 is 23.1 Å². The summed E-state index contributed by atoms with van der Waals surface area (Å²) < 4.78 is 5.52. The van der Waals surface area contributed by atoms with E-state index in [1.807, 2.05) is 6.92 Å². The highest BCUT2D eigenvalue weighted by Gasteiger charge is 2.24. The first-order valence-corrected chi connectivity index (χ1v) is 6.58. The van der Waals surface area contributed by atoms with Gasteiger partial charge in [0.25, 0.3) is 0 Å².